The normalized spacial score (nSPS) is 14.8. The van der Waals surface area contributed by atoms with E-state index in [0.29, 0.717) is 41.8 Å². The quantitative estimate of drug-likeness (QED) is 0.682. The zero-order chi connectivity index (χ0) is 20.3. The van der Waals surface area contributed by atoms with E-state index in [1.165, 1.54) is 36.0 Å². The highest BCUT2D eigenvalue weighted by molar-refractivity contribution is 7.98. The lowest BCUT2D eigenvalue weighted by atomic mass is 10.2. The largest absolute Gasteiger partial charge is 0.378 e. The number of sulfonamides is 1. The molecule has 2 aromatic carbocycles. The predicted octanol–water partition coefficient (Wildman–Crippen LogP) is 3.99. The first kappa shape index (κ1) is 21.3. The fraction of sp³-hybridized carbons (Fsp3) is 0.278. The van der Waals surface area contributed by atoms with E-state index in [2.05, 4.69) is 4.72 Å². The van der Waals surface area contributed by atoms with Crippen LogP contribution in [0.1, 0.15) is 10.4 Å². The molecule has 0 atom stereocenters. The molecule has 3 rings (SSSR count). The van der Waals surface area contributed by atoms with Crippen LogP contribution < -0.4 is 4.72 Å². The zero-order valence-corrected chi connectivity index (χ0v) is 18.1. The molecule has 28 heavy (non-hydrogen) atoms. The lowest BCUT2D eigenvalue weighted by molar-refractivity contribution is 0.0300. The highest BCUT2D eigenvalue weighted by Crippen LogP contribution is 2.30. The van der Waals surface area contributed by atoms with E-state index in [0.717, 1.165) is 0 Å². The summed E-state index contributed by atoms with van der Waals surface area (Å²) in [6.07, 6.45) is 1.84. The summed E-state index contributed by atoms with van der Waals surface area (Å²) in [5, 5.41) is 0.571. The number of anilines is 1. The van der Waals surface area contributed by atoms with Crippen molar-refractivity contribution in [3.05, 3.63) is 52.0 Å². The summed E-state index contributed by atoms with van der Waals surface area (Å²) in [4.78, 5) is 15.3. The van der Waals surface area contributed by atoms with E-state index in [4.69, 9.17) is 27.9 Å². The molecule has 150 valence electrons. The first-order valence-corrected chi connectivity index (χ1v) is 11.8. The van der Waals surface area contributed by atoms with Crippen molar-refractivity contribution in [3.8, 4) is 0 Å². The maximum Gasteiger partial charge on any atom is 0.261 e. The molecule has 0 saturated carbocycles. The van der Waals surface area contributed by atoms with Crippen LogP contribution in [-0.2, 0) is 14.8 Å². The molecule has 6 nitrogen and oxygen atoms in total. The van der Waals surface area contributed by atoms with Gasteiger partial charge in [-0.1, -0.05) is 23.2 Å². The molecule has 1 saturated heterocycles. The molecule has 0 aromatic heterocycles. The fourth-order valence-electron chi connectivity index (χ4n) is 2.74. The Morgan fingerprint density at radius 1 is 1.14 bits per heavy atom. The van der Waals surface area contributed by atoms with E-state index in [1.807, 2.05) is 6.26 Å². The van der Waals surface area contributed by atoms with Crippen LogP contribution in [0.4, 0.5) is 5.69 Å². The van der Waals surface area contributed by atoms with Crippen LogP contribution in [0.15, 0.2) is 46.2 Å². The molecule has 1 N–H and O–H groups in total. The van der Waals surface area contributed by atoms with Crippen LogP contribution in [0.5, 0.6) is 0 Å². The smallest absolute Gasteiger partial charge is 0.261 e. The van der Waals surface area contributed by atoms with Gasteiger partial charge in [-0.25, -0.2) is 8.42 Å². The number of thioether (sulfide) groups is 1. The number of amides is 1. The number of carbonyl (C=O) groups is 1. The van der Waals surface area contributed by atoms with Crippen LogP contribution in [0.2, 0.25) is 10.0 Å². The minimum atomic E-state index is -3.96. The van der Waals surface area contributed by atoms with Crippen LogP contribution in [0, 0.1) is 0 Å². The second-order valence-electron chi connectivity index (χ2n) is 6.00. The first-order chi connectivity index (χ1) is 13.3. The number of hydrogen-bond acceptors (Lipinski definition) is 5. The minimum Gasteiger partial charge on any atom is -0.378 e. The maximum absolute atomic E-state index is 12.9. The minimum absolute atomic E-state index is 0.0297. The number of halogens is 2. The Kier molecular flexibility index (Phi) is 6.77. The number of carbonyl (C=O) groups excluding carboxylic acids is 1. The standard InChI is InChI=1S/C18H18Cl2N2O4S2/c1-27-17-5-3-13(11-14(17)18(23)22-6-8-26-9-7-22)28(24,25)21-16-10-12(19)2-4-15(16)20/h2-5,10-11,21H,6-9H2,1H3. The van der Waals surface area contributed by atoms with Crippen molar-refractivity contribution >= 4 is 56.6 Å². The van der Waals surface area contributed by atoms with Gasteiger partial charge in [0.15, 0.2) is 0 Å². The Bertz CT molecular complexity index is 993. The number of rotatable bonds is 5. The summed E-state index contributed by atoms with van der Waals surface area (Å²) in [6.45, 7) is 1.88. The summed E-state index contributed by atoms with van der Waals surface area (Å²) in [6, 6.07) is 8.98. The summed E-state index contributed by atoms with van der Waals surface area (Å²) in [5.74, 6) is -0.217. The summed E-state index contributed by atoms with van der Waals surface area (Å²) in [5.41, 5.74) is 0.513. The van der Waals surface area contributed by atoms with Crippen LogP contribution in [-0.4, -0.2) is 51.8 Å². The third kappa shape index (κ3) is 4.75. The zero-order valence-electron chi connectivity index (χ0n) is 14.9. The van der Waals surface area contributed by atoms with Crippen molar-refractivity contribution in [1.82, 2.24) is 4.90 Å². The highest BCUT2D eigenvalue weighted by Gasteiger charge is 2.24. The molecule has 0 radical (unpaired) electrons. The third-order valence-electron chi connectivity index (χ3n) is 4.18. The van der Waals surface area contributed by atoms with Gasteiger partial charge in [-0.15, -0.1) is 11.8 Å². The number of nitrogens with zero attached hydrogens (tertiary/aromatic N) is 1. The Balaban J connectivity index is 1.95. The molecule has 1 heterocycles. The van der Waals surface area contributed by atoms with E-state index < -0.39 is 10.0 Å². The monoisotopic (exact) mass is 460 g/mol. The maximum atomic E-state index is 12.9. The molecule has 2 aromatic rings. The number of nitrogens with one attached hydrogen (secondary N) is 1. The summed E-state index contributed by atoms with van der Waals surface area (Å²) < 4.78 is 33.4. The van der Waals surface area contributed by atoms with Gasteiger partial charge in [-0.05, 0) is 42.7 Å². The number of benzene rings is 2. The van der Waals surface area contributed by atoms with E-state index in [-0.39, 0.29) is 21.5 Å². The van der Waals surface area contributed by atoms with Crippen molar-refractivity contribution in [3.63, 3.8) is 0 Å². The van der Waals surface area contributed by atoms with Gasteiger partial charge in [0.2, 0.25) is 0 Å². The molecular formula is C18H18Cl2N2O4S2. The van der Waals surface area contributed by atoms with Crippen molar-refractivity contribution in [2.24, 2.45) is 0 Å². The van der Waals surface area contributed by atoms with Crippen LogP contribution in [0.25, 0.3) is 0 Å². The fourth-order valence-corrected chi connectivity index (χ4v) is 4.80. The van der Waals surface area contributed by atoms with Gasteiger partial charge in [0.1, 0.15) is 0 Å². The summed E-state index contributed by atoms with van der Waals surface area (Å²) >= 11 is 13.4. The van der Waals surface area contributed by atoms with Crippen molar-refractivity contribution in [2.75, 3.05) is 37.3 Å². The average Bonchev–Trinajstić information content (AvgIpc) is 2.70. The Hall–Kier alpha value is -1.45. The van der Waals surface area contributed by atoms with Crippen LogP contribution >= 0.6 is 35.0 Å². The van der Waals surface area contributed by atoms with Crippen molar-refractivity contribution in [1.29, 1.82) is 0 Å². The first-order valence-electron chi connectivity index (χ1n) is 8.35. The topological polar surface area (TPSA) is 75.7 Å². The molecule has 1 fully saturated rings. The number of morpholine rings is 1. The van der Waals surface area contributed by atoms with Gasteiger partial charge in [0, 0.05) is 23.0 Å². The summed E-state index contributed by atoms with van der Waals surface area (Å²) in [7, 11) is -3.96. The third-order valence-corrected chi connectivity index (χ3v) is 6.91. The Labute approximate surface area is 178 Å². The second kappa shape index (κ2) is 8.92. The van der Waals surface area contributed by atoms with Gasteiger partial charge in [-0.2, -0.15) is 0 Å². The molecule has 10 heteroatoms. The van der Waals surface area contributed by atoms with Gasteiger partial charge < -0.3 is 9.64 Å². The number of ether oxygens (including phenoxy) is 1. The van der Waals surface area contributed by atoms with Gasteiger partial charge in [-0.3, -0.25) is 9.52 Å². The molecule has 1 amide bonds. The van der Waals surface area contributed by atoms with Crippen molar-refractivity contribution in [2.45, 2.75) is 9.79 Å². The highest BCUT2D eigenvalue weighted by atomic mass is 35.5. The lowest BCUT2D eigenvalue weighted by Crippen LogP contribution is -2.41. The number of hydrogen-bond donors (Lipinski definition) is 1. The predicted molar refractivity (Wildman–Crippen MR) is 112 cm³/mol. The van der Waals surface area contributed by atoms with E-state index >= 15 is 0 Å². The van der Waals surface area contributed by atoms with Crippen molar-refractivity contribution < 1.29 is 17.9 Å². The molecule has 1 aliphatic heterocycles. The second-order valence-corrected chi connectivity index (χ2v) is 9.37. The molecule has 0 unspecified atom stereocenters. The van der Waals surface area contributed by atoms with E-state index in [1.54, 1.807) is 17.0 Å². The van der Waals surface area contributed by atoms with Gasteiger partial charge in [0.25, 0.3) is 15.9 Å². The molecule has 0 bridgehead atoms. The Morgan fingerprint density at radius 2 is 1.86 bits per heavy atom. The van der Waals surface area contributed by atoms with Gasteiger partial charge >= 0.3 is 0 Å². The lowest BCUT2D eigenvalue weighted by Gasteiger charge is -2.27. The Morgan fingerprint density at radius 3 is 2.54 bits per heavy atom. The van der Waals surface area contributed by atoms with E-state index in [9.17, 15) is 13.2 Å². The molecular weight excluding hydrogens is 443 g/mol. The average molecular weight is 461 g/mol. The molecule has 0 aliphatic carbocycles. The van der Waals surface area contributed by atoms with Gasteiger partial charge in [0.05, 0.1) is 34.4 Å². The molecule has 0 spiro atoms. The van der Waals surface area contributed by atoms with Crippen LogP contribution in [0.3, 0.4) is 0 Å². The molecule has 1 aliphatic rings. The SMILES string of the molecule is CSc1ccc(S(=O)(=O)Nc2cc(Cl)ccc2Cl)cc1C(=O)N1CCOCC1.